The van der Waals surface area contributed by atoms with E-state index in [1.165, 1.54) is 5.56 Å². The number of pyridine rings is 1. The first-order chi connectivity index (χ1) is 12.0. The number of nitrogens with zero attached hydrogens (tertiary/aromatic N) is 4. The molecule has 3 aromatic heterocycles. The fraction of sp³-hybridized carbons (Fsp3) is 0.421. The highest BCUT2D eigenvalue weighted by Crippen LogP contribution is 2.31. The highest BCUT2D eigenvalue weighted by molar-refractivity contribution is 5.94. The number of rotatable bonds is 3. The van der Waals surface area contributed by atoms with Crippen LogP contribution in [0.4, 0.5) is 0 Å². The second-order valence-electron chi connectivity index (χ2n) is 7.03. The summed E-state index contributed by atoms with van der Waals surface area (Å²) in [6.45, 7) is 6.18. The summed E-state index contributed by atoms with van der Waals surface area (Å²) in [5, 5.41) is 7.74. The smallest absolute Gasteiger partial charge is 0.253 e. The molecular weight excluding hydrogens is 314 g/mol. The lowest BCUT2D eigenvalue weighted by Gasteiger charge is -2.26. The number of aryl methyl sites for hydroxylation is 2. The molecule has 6 nitrogen and oxygen atoms in total. The molecule has 3 aromatic rings. The van der Waals surface area contributed by atoms with Gasteiger partial charge in [0.1, 0.15) is 5.82 Å². The van der Waals surface area contributed by atoms with E-state index in [-0.39, 0.29) is 18.0 Å². The largest absolute Gasteiger partial charge is 0.344 e. The van der Waals surface area contributed by atoms with Crippen molar-refractivity contribution < 1.29 is 4.79 Å². The van der Waals surface area contributed by atoms with Crippen LogP contribution in [0.2, 0.25) is 0 Å². The molecule has 3 heterocycles. The third-order valence-electron chi connectivity index (χ3n) is 4.95. The molecule has 0 saturated carbocycles. The van der Waals surface area contributed by atoms with Crippen LogP contribution in [0.5, 0.6) is 0 Å². The lowest BCUT2D eigenvalue weighted by molar-refractivity contribution is 0.0929. The van der Waals surface area contributed by atoms with Gasteiger partial charge in [0.15, 0.2) is 0 Å². The van der Waals surface area contributed by atoms with Crippen molar-refractivity contribution in [2.45, 2.75) is 52.1 Å². The van der Waals surface area contributed by atoms with Gasteiger partial charge in [0.05, 0.1) is 35.2 Å². The van der Waals surface area contributed by atoms with Gasteiger partial charge < -0.3 is 9.72 Å². The van der Waals surface area contributed by atoms with E-state index < -0.39 is 0 Å². The van der Waals surface area contributed by atoms with E-state index in [2.05, 4.69) is 29.2 Å². The van der Waals surface area contributed by atoms with E-state index in [0.29, 0.717) is 5.56 Å². The van der Waals surface area contributed by atoms with Crippen molar-refractivity contribution in [3.8, 4) is 0 Å². The van der Waals surface area contributed by atoms with E-state index in [9.17, 15) is 4.79 Å². The number of imidazole rings is 1. The van der Waals surface area contributed by atoms with Gasteiger partial charge in [-0.1, -0.05) is 0 Å². The zero-order chi connectivity index (χ0) is 17.6. The molecule has 1 unspecified atom stereocenters. The molecule has 1 aliphatic carbocycles. The number of carbonyl (C=O) groups excluding carboxylic acids is 1. The molecule has 25 heavy (non-hydrogen) atoms. The number of aromatic nitrogens is 4. The van der Waals surface area contributed by atoms with Crippen LogP contribution in [-0.4, -0.2) is 25.1 Å². The first-order valence-corrected chi connectivity index (χ1v) is 8.85. The molecule has 6 heteroatoms. The van der Waals surface area contributed by atoms with Gasteiger partial charge in [-0.15, -0.1) is 0 Å². The van der Waals surface area contributed by atoms with Crippen molar-refractivity contribution in [2.24, 2.45) is 0 Å². The average molecular weight is 337 g/mol. The quantitative estimate of drug-likeness (QED) is 0.798. The van der Waals surface area contributed by atoms with Crippen molar-refractivity contribution in [3.63, 3.8) is 0 Å². The van der Waals surface area contributed by atoms with Crippen LogP contribution in [0.1, 0.15) is 66.2 Å². The average Bonchev–Trinajstić information content (AvgIpc) is 3.19. The second-order valence-corrected chi connectivity index (χ2v) is 7.03. The van der Waals surface area contributed by atoms with Gasteiger partial charge in [0.25, 0.3) is 5.91 Å². The van der Waals surface area contributed by atoms with Gasteiger partial charge in [-0.3, -0.25) is 9.48 Å². The number of hydrogen-bond acceptors (Lipinski definition) is 3. The minimum Gasteiger partial charge on any atom is -0.344 e. The summed E-state index contributed by atoms with van der Waals surface area (Å²) in [6, 6.07) is 4.08. The maximum absolute atomic E-state index is 12.8. The van der Waals surface area contributed by atoms with Crippen molar-refractivity contribution in [1.29, 1.82) is 0 Å². The SMILES string of the molecule is Cc1ncc2ccc(C(=O)NC3CCCc4cnn(C(C)C)c43)cn12. The van der Waals surface area contributed by atoms with Crippen LogP contribution in [0.15, 0.2) is 30.7 Å². The first-order valence-electron chi connectivity index (χ1n) is 8.85. The molecule has 0 fully saturated rings. The summed E-state index contributed by atoms with van der Waals surface area (Å²) < 4.78 is 3.99. The van der Waals surface area contributed by atoms with E-state index in [1.807, 2.05) is 46.7 Å². The second kappa shape index (κ2) is 6.02. The maximum Gasteiger partial charge on any atom is 0.253 e. The molecule has 0 radical (unpaired) electrons. The van der Waals surface area contributed by atoms with Crippen molar-refractivity contribution in [2.75, 3.05) is 0 Å². The van der Waals surface area contributed by atoms with Gasteiger partial charge in [-0.25, -0.2) is 4.98 Å². The fourth-order valence-corrected chi connectivity index (χ4v) is 3.66. The molecule has 1 aliphatic rings. The van der Waals surface area contributed by atoms with Gasteiger partial charge in [-0.2, -0.15) is 5.10 Å². The minimum absolute atomic E-state index is 0.0146. The fourth-order valence-electron chi connectivity index (χ4n) is 3.66. The Morgan fingerprint density at radius 3 is 2.96 bits per heavy atom. The van der Waals surface area contributed by atoms with Crippen molar-refractivity contribution in [1.82, 2.24) is 24.5 Å². The molecular formula is C19H23N5O. The van der Waals surface area contributed by atoms with E-state index in [4.69, 9.17) is 0 Å². The number of carbonyl (C=O) groups is 1. The summed E-state index contributed by atoms with van der Waals surface area (Å²) in [5.41, 5.74) is 4.06. The summed E-state index contributed by atoms with van der Waals surface area (Å²) in [6.07, 6.45) is 8.68. The third-order valence-corrected chi connectivity index (χ3v) is 4.95. The monoisotopic (exact) mass is 337 g/mol. The Bertz CT molecular complexity index is 937. The Morgan fingerprint density at radius 1 is 1.32 bits per heavy atom. The predicted molar refractivity (Wildman–Crippen MR) is 95.7 cm³/mol. The molecule has 0 saturated heterocycles. The minimum atomic E-state index is -0.0515. The maximum atomic E-state index is 12.8. The van der Waals surface area contributed by atoms with Gasteiger partial charge in [0.2, 0.25) is 0 Å². The summed E-state index contributed by atoms with van der Waals surface area (Å²) in [5.74, 6) is 0.826. The van der Waals surface area contributed by atoms with Crippen LogP contribution in [0.3, 0.4) is 0 Å². The predicted octanol–water partition coefficient (Wildman–Crippen LogP) is 3.23. The molecule has 0 aliphatic heterocycles. The zero-order valence-electron chi connectivity index (χ0n) is 14.9. The summed E-state index contributed by atoms with van der Waals surface area (Å²) in [7, 11) is 0. The van der Waals surface area contributed by atoms with E-state index in [0.717, 1.165) is 36.3 Å². The number of amides is 1. The zero-order valence-corrected chi connectivity index (χ0v) is 14.9. The number of fused-ring (bicyclic) bond motifs is 2. The lowest BCUT2D eigenvalue weighted by Crippen LogP contribution is -2.33. The molecule has 0 spiro atoms. The highest BCUT2D eigenvalue weighted by Gasteiger charge is 2.27. The molecule has 0 aromatic carbocycles. The number of nitrogens with one attached hydrogen (secondary N) is 1. The Morgan fingerprint density at radius 2 is 2.16 bits per heavy atom. The lowest BCUT2D eigenvalue weighted by atomic mass is 9.93. The Balaban J connectivity index is 1.63. The Labute approximate surface area is 146 Å². The molecule has 1 atom stereocenters. The normalized spacial score (nSPS) is 17.0. The first kappa shape index (κ1) is 15.9. The van der Waals surface area contributed by atoms with E-state index in [1.54, 1.807) is 0 Å². The van der Waals surface area contributed by atoms with Gasteiger partial charge >= 0.3 is 0 Å². The standard InChI is InChI=1S/C19H23N5O/c1-12(2)24-18-14(9-21-24)5-4-6-17(18)22-19(25)15-7-8-16-10-20-13(3)23(16)11-15/h7-12,17H,4-6H2,1-3H3,(H,22,25). The van der Waals surface area contributed by atoms with Crippen molar-refractivity contribution >= 4 is 11.4 Å². The summed E-state index contributed by atoms with van der Waals surface area (Å²) >= 11 is 0. The van der Waals surface area contributed by atoms with E-state index >= 15 is 0 Å². The third kappa shape index (κ3) is 2.71. The molecule has 4 rings (SSSR count). The molecule has 1 N–H and O–H groups in total. The van der Waals surface area contributed by atoms with Crippen molar-refractivity contribution in [3.05, 3.63) is 53.4 Å². The Kier molecular flexibility index (Phi) is 3.82. The number of hydrogen-bond donors (Lipinski definition) is 1. The Hall–Kier alpha value is -2.63. The van der Waals surface area contributed by atoms with Crippen LogP contribution in [0, 0.1) is 6.92 Å². The van der Waals surface area contributed by atoms with Gasteiger partial charge in [-0.05, 0) is 57.7 Å². The topological polar surface area (TPSA) is 64.2 Å². The molecule has 0 bridgehead atoms. The van der Waals surface area contributed by atoms with Crippen LogP contribution in [-0.2, 0) is 6.42 Å². The highest BCUT2D eigenvalue weighted by atomic mass is 16.1. The van der Waals surface area contributed by atoms with Crippen LogP contribution >= 0.6 is 0 Å². The molecule has 130 valence electrons. The van der Waals surface area contributed by atoms with Crippen LogP contribution in [0.25, 0.3) is 5.52 Å². The summed E-state index contributed by atoms with van der Waals surface area (Å²) in [4.78, 5) is 17.1. The van der Waals surface area contributed by atoms with Crippen LogP contribution < -0.4 is 5.32 Å². The van der Waals surface area contributed by atoms with Gasteiger partial charge in [0, 0.05) is 12.2 Å². The molecule has 1 amide bonds.